The van der Waals surface area contributed by atoms with Crippen LogP contribution in [0.5, 0.6) is 0 Å². The van der Waals surface area contributed by atoms with E-state index in [4.69, 9.17) is 17.2 Å². The van der Waals surface area contributed by atoms with E-state index >= 15 is 0 Å². The number of fused-ring (bicyclic) bond motifs is 1. The summed E-state index contributed by atoms with van der Waals surface area (Å²) in [5.74, 6) is 0.509. The second kappa shape index (κ2) is 5.53. The molecular formula is C12H13N7Pb. The number of nitrogens with two attached hydrogens (primary N) is 3. The summed E-state index contributed by atoms with van der Waals surface area (Å²) >= 11 is 0. The summed E-state index contributed by atoms with van der Waals surface area (Å²) in [6.45, 7) is 0. The summed E-state index contributed by atoms with van der Waals surface area (Å²) in [7, 11) is 0. The molecular weight excluding hydrogens is 449 g/mol. The van der Waals surface area contributed by atoms with Crippen LogP contribution < -0.4 is 17.2 Å². The Kier molecular flexibility index (Phi) is 3.97. The molecule has 0 spiro atoms. The zero-order valence-corrected chi connectivity index (χ0v) is 16.1. The average Bonchev–Trinajstić information content (AvgIpc) is 2.38. The fourth-order valence-electron chi connectivity index (χ4n) is 1.81. The molecule has 8 heteroatoms. The molecule has 100 valence electrons. The first-order valence-corrected chi connectivity index (χ1v) is 5.57. The Hall–Kier alpha value is -2.04. The molecule has 2 aromatic heterocycles. The van der Waals surface area contributed by atoms with E-state index in [-0.39, 0.29) is 44.9 Å². The number of benzene rings is 1. The number of hydrogen-bond acceptors (Lipinski definition) is 7. The van der Waals surface area contributed by atoms with Crippen LogP contribution in [0.3, 0.4) is 0 Å². The van der Waals surface area contributed by atoms with Crippen LogP contribution in [0, 0.1) is 0 Å². The van der Waals surface area contributed by atoms with Gasteiger partial charge in [0.25, 0.3) is 0 Å². The van der Waals surface area contributed by atoms with Crippen molar-refractivity contribution in [1.29, 1.82) is 0 Å². The molecule has 0 aliphatic rings. The third kappa shape index (κ3) is 2.48. The van der Waals surface area contributed by atoms with E-state index in [2.05, 4.69) is 19.9 Å². The molecule has 2 radical (unpaired) electrons. The van der Waals surface area contributed by atoms with Gasteiger partial charge in [-0.3, -0.25) is 0 Å². The van der Waals surface area contributed by atoms with E-state index in [1.807, 2.05) is 30.3 Å². The van der Waals surface area contributed by atoms with Gasteiger partial charge < -0.3 is 17.2 Å². The molecule has 6 N–H and O–H groups in total. The fraction of sp³-hybridized carbons (Fsp3) is 0. The number of nitrogens with zero attached hydrogens (tertiary/aromatic N) is 4. The van der Waals surface area contributed by atoms with Crippen LogP contribution in [0.2, 0.25) is 0 Å². The normalized spacial score (nSPS) is 10.2. The Balaban J connectivity index is 0.00000147. The van der Waals surface area contributed by atoms with Crippen molar-refractivity contribution in [2.75, 3.05) is 17.2 Å². The van der Waals surface area contributed by atoms with Crippen molar-refractivity contribution in [3.8, 4) is 11.3 Å². The van der Waals surface area contributed by atoms with Crippen LogP contribution in [-0.2, 0) is 0 Å². The zero-order chi connectivity index (χ0) is 13.4. The zero-order valence-electron chi connectivity index (χ0n) is 10.6. The summed E-state index contributed by atoms with van der Waals surface area (Å²) in [5.41, 5.74) is 19.3. The van der Waals surface area contributed by atoms with Crippen LogP contribution >= 0.6 is 0 Å². The maximum absolute atomic E-state index is 5.90. The Morgan fingerprint density at radius 1 is 0.750 bits per heavy atom. The summed E-state index contributed by atoms with van der Waals surface area (Å²) in [5, 5.41) is 0. The Bertz CT molecular complexity index is 761. The van der Waals surface area contributed by atoms with Gasteiger partial charge in [0.15, 0.2) is 22.8 Å². The van der Waals surface area contributed by atoms with Crippen molar-refractivity contribution >= 4 is 56.0 Å². The third-order valence-corrected chi connectivity index (χ3v) is 2.65. The first-order chi connectivity index (χ1) is 9.15. The Morgan fingerprint density at radius 3 is 2.15 bits per heavy atom. The molecule has 0 fully saturated rings. The molecule has 0 aliphatic carbocycles. The predicted molar refractivity (Wildman–Crippen MR) is 82.3 cm³/mol. The molecule has 0 atom stereocenters. The minimum atomic E-state index is 0. The molecule has 7 nitrogen and oxygen atoms in total. The molecule has 2 heterocycles. The SMILES string of the molecule is Nc1nc(N)c2nc(-c3ccccc3)c(N)nc2n1.[PbH2]. The van der Waals surface area contributed by atoms with Crippen molar-refractivity contribution in [2.45, 2.75) is 0 Å². The predicted octanol–water partition coefficient (Wildman–Crippen LogP) is -0.0828. The summed E-state index contributed by atoms with van der Waals surface area (Å²) in [6.07, 6.45) is 0. The topological polar surface area (TPSA) is 130 Å². The average molecular weight is 462 g/mol. The molecule has 0 amide bonds. The molecule has 0 aliphatic heterocycles. The van der Waals surface area contributed by atoms with Crippen LogP contribution in [-0.4, -0.2) is 47.2 Å². The van der Waals surface area contributed by atoms with Gasteiger partial charge in [-0.15, -0.1) is 0 Å². The standard InChI is InChI=1S/C12H11N7.Pb.2H/c13-9-7(6-4-2-1-3-5-6)16-8-10(14)18-12(15)19-11(8)17-9;;;/h1-5H,(H6,13,14,15,17,18,19);;;. The number of nitrogen functional groups attached to an aromatic ring is 3. The van der Waals surface area contributed by atoms with E-state index in [0.29, 0.717) is 16.9 Å². The second-order valence-corrected chi connectivity index (χ2v) is 3.96. The van der Waals surface area contributed by atoms with Gasteiger partial charge in [-0.2, -0.15) is 9.97 Å². The maximum atomic E-state index is 5.90. The van der Waals surface area contributed by atoms with E-state index in [0.717, 1.165) is 5.56 Å². The molecule has 0 bridgehead atoms. The van der Waals surface area contributed by atoms with Crippen molar-refractivity contribution in [2.24, 2.45) is 0 Å². The first-order valence-electron chi connectivity index (χ1n) is 5.57. The fourth-order valence-corrected chi connectivity index (χ4v) is 1.81. The van der Waals surface area contributed by atoms with Gasteiger partial charge >= 0.3 is 27.3 Å². The van der Waals surface area contributed by atoms with Crippen LogP contribution in [0.1, 0.15) is 0 Å². The first kappa shape index (κ1) is 14.4. The molecule has 0 saturated heterocycles. The molecule has 3 aromatic rings. The minimum absolute atomic E-state index is 0. The van der Waals surface area contributed by atoms with Crippen molar-refractivity contribution in [3.63, 3.8) is 0 Å². The van der Waals surface area contributed by atoms with Gasteiger partial charge in [-0.25, -0.2) is 9.97 Å². The van der Waals surface area contributed by atoms with Crippen LogP contribution in [0.15, 0.2) is 30.3 Å². The van der Waals surface area contributed by atoms with Gasteiger partial charge in [0.05, 0.1) is 0 Å². The number of aromatic nitrogens is 4. The Morgan fingerprint density at radius 2 is 1.45 bits per heavy atom. The number of rotatable bonds is 1. The van der Waals surface area contributed by atoms with E-state index in [1.54, 1.807) is 0 Å². The number of hydrogen-bond donors (Lipinski definition) is 3. The Labute approximate surface area is 134 Å². The summed E-state index contributed by atoms with van der Waals surface area (Å²) in [6, 6.07) is 9.47. The number of anilines is 3. The quantitative estimate of drug-likeness (QED) is 0.431. The monoisotopic (exact) mass is 463 g/mol. The molecule has 3 rings (SSSR count). The van der Waals surface area contributed by atoms with Crippen molar-refractivity contribution in [1.82, 2.24) is 19.9 Å². The van der Waals surface area contributed by atoms with Gasteiger partial charge in [-0.1, -0.05) is 30.3 Å². The molecule has 1 aromatic carbocycles. The van der Waals surface area contributed by atoms with Gasteiger partial charge in [0.2, 0.25) is 5.95 Å². The third-order valence-electron chi connectivity index (χ3n) is 2.65. The van der Waals surface area contributed by atoms with E-state index < -0.39 is 0 Å². The van der Waals surface area contributed by atoms with Gasteiger partial charge in [0, 0.05) is 5.56 Å². The van der Waals surface area contributed by atoms with E-state index in [9.17, 15) is 0 Å². The second-order valence-electron chi connectivity index (χ2n) is 3.96. The van der Waals surface area contributed by atoms with Crippen LogP contribution in [0.4, 0.5) is 17.6 Å². The van der Waals surface area contributed by atoms with Gasteiger partial charge in [-0.05, 0) is 0 Å². The molecule has 0 saturated carbocycles. The van der Waals surface area contributed by atoms with Gasteiger partial charge in [0.1, 0.15) is 5.69 Å². The van der Waals surface area contributed by atoms with Crippen molar-refractivity contribution in [3.05, 3.63) is 30.3 Å². The summed E-state index contributed by atoms with van der Waals surface area (Å²) < 4.78 is 0. The van der Waals surface area contributed by atoms with E-state index in [1.165, 1.54) is 0 Å². The van der Waals surface area contributed by atoms with Crippen molar-refractivity contribution < 1.29 is 0 Å². The molecule has 0 unspecified atom stereocenters. The summed E-state index contributed by atoms with van der Waals surface area (Å²) in [4.78, 5) is 16.4. The molecule has 20 heavy (non-hydrogen) atoms. The van der Waals surface area contributed by atoms with Crippen LogP contribution in [0.25, 0.3) is 22.4 Å².